The lowest BCUT2D eigenvalue weighted by molar-refractivity contribution is -0.115. The number of benzene rings is 1. The molecule has 3 N–H and O–H groups in total. The molecule has 0 radical (unpaired) electrons. The monoisotopic (exact) mass is 261 g/mol. The standard InChI is InChI=1S/C15H23N3O/c1-11-4-5-13(12(2)8-11)18-14(19)9-17-15(3)6-7-16-10-15/h4-5,8,16-17H,6-7,9-10H2,1-3H3,(H,18,19). The average molecular weight is 261 g/mol. The Kier molecular flexibility index (Phi) is 4.22. The zero-order valence-electron chi connectivity index (χ0n) is 12.0. The quantitative estimate of drug-likeness (QED) is 0.771. The second-order valence-corrected chi connectivity index (χ2v) is 5.71. The van der Waals surface area contributed by atoms with Crippen LogP contribution >= 0.6 is 0 Å². The first-order chi connectivity index (χ1) is 8.98. The fourth-order valence-corrected chi connectivity index (χ4v) is 2.41. The van der Waals surface area contributed by atoms with Gasteiger partial charge in [0, 0.05) is 17.8 Å². The molecular formula is C15H23N3O. The smallest absolute Gasteiger partial charge is 0.238 e. The molecule has 0 aromatic heterocycles. The molecular weight excluding hydrogens is 238 g/mol. The molecule has 0 spiro atoms. The Balaban J connectivity index is 1.87. The minimum Gasteiger partial charge on any atom is -0.325 e. The summed E-state index contributed by atoms with van der Waals surface area (Å²) in [7, 11) is 0. The first-order valence-electron chi connectivity index (χ1n) is 6.81. The van der Waals surface area contributed by atoms with Crippen LogP contribution in [0.15, 0.2) is 18.2 Å². The van der Waals surface area contributed by atoms with E-state index < -0.39 is 0 Å². The van der Waals surface area contributed by atoms with Gasteiger partial charge in [0.05, 0.1) is 6.54 Å². The number of amides is 1. The molecule has 1 aromatic carbocycles. The largest absolute Gasteiger partial charge is 0.325 e. The summed E-state index contributed by atoms with van der Waals surface area (Å²) >= 11 is 0. The van der Waals surface area contributed by atoms with Crippen LogP contribution in [0.1, 0.15) is 24.5 Å². The van der Waals surface area contributed by atoms with Gasteiger partial charge in [0.25, 0.3) is 0 Å². The van der Waals surface area contributed by atoms with Gasteiger partial charge in [0.2, 0.25) is 5.91 Å². The van der Waals surface area contributed by atoms with E-state index in [0.717, 1.165) is 30.8 Å². The van der Waals surface area contributed by atoms with E-state index in [1.165, 1.54) is 5.56 Å². The Labute approximate surface area is 115 Å². The minimum absolute atomic E-state index is 0.0140. The highest BCUT2D eigenvalue weighted by Gasteiger charge is 2.28. The predicted molar refractivity (Wildman–Crippen MR) is 78.4 cm³/mol. The molecule has 1 aromatic rings. The SMILES string of the molecule is Cc1ccc(NC(=O)CNC2(C)CCNC2)c(C)c1. The normalized spacial score (nSPS) is 22.5. The summed E-state index contributed by atoms with van der Waals surface area (Å²) in [6.45, 7) is 8.50. The molecule has 19 heavy (non-hydrogen) atoms. The lowest BCUT2D eigenvalue weighted by atomic mass is 10.0. The van der Waals surface area contributed by atoms with Crippen LogP contribution in [0.3, 0.4) is 0 Å². The number of carbonyl (C=O) groups excluding carboxylic acids is 1. The molecule has 1 fully saturated rings. The van der Waals surface area contributed by atoms with Crippen molar-refractivity contribution in [1.82, 2.24) is 10.6 Å². The van der Waals surface area contributed by atoms with Gasteiger partial charge in [-0.05, 0) is 45.4 Å². The third-order valence-corrected chi connectivity index (χ3v) is 3.70. The predicted octanol–water partition coefficient (Wildman–Crippen LogP) is 1.58. The first kappa shape index (κ1) is 14.0. The van der Waals surface area contributed by atoms with Crippen molar-refractivity contribution in [3.63, 3.8) is 0 Å². The van der Waals surface area contributed by atoms with E-state index in [0.29, 0.717) is 6.54 Å². The maximum Gasteiger partial charge on any atom is 0.238 e. The van der Waals surface area contributed by atoms with Crippen LogP contribution < -0.4 is 16.0 Å². The second kappa shape index (κ2) is 5.72. The third kappa shape index (κ3) is 3.78. The van der Waals surface area contributed by atoms with Gasteiger partial charge >= 0.3 is 0 Å². The van der Waals surface area contributed by atoms with E-state index in [1.54, 1.807) is 0 Å². The number of hydrogen-bond acceptors (Lipinski definition) is 3. The molecule has 104 valence electrons. The molecule has 4 heteroatoms. The van der Waals surface area contributed by atoms with E-state index in [2.05, 4.69) is 28.9 Å². The molecule has 1 aliphatic heterocycles. The third-order valence-electron chi connectivity index (χ3n) is 3.70. The summed E-state index contributed by atoms with van der Waals surface area (Å²) in [5, 5.41) is 9.60. The van der Waals surface area contributed by atoms with E-state index in [4.69, 9.17) is 0 Å². The number of nitrogens with one attached hydrogen (secondary N) is 3. The van der Waals surface area contributed by atoms with E-state index in [1.807, 2.05) is 26.0 Å². The highest BCUT2D eigenvalue weighted by molar-refractivity contribution is 5.93. The Morgan fingerprint density at radius 3 is 2.84 bits per heavy atom. The number of hydrogen-bond donors (Lipinski definition) is 3. The number of carbonyl (C=O) groups is 1. The van der Waals surface area contributed by atoms with Gasteiger partial charge < -0.3 is 16.0 Å². The minimum atomic E-state index is 0.0140. The fraction of sp³-hybridized carbons (Fsp3) is 0.533. The molecule has 1 heterocycles. The molecule has 1 amide bonds. The van der Waals surface area contributed by atoms with E-state index in [9.17, 15) is 4.79 Å². The van der Waals surface area contributed by atoms with Gasteiger partial charge in [-0.15, -0.1) is 0 Å². The highest BCUT2D eigenvalue weighted by atomic mass is 16.1. The Hall–Kier alpha value is -1.39. The van der Waals surface area contributed by atoms with Crippen LogP contribution in [-0.4, -0.2) is 31.1 Å². The summed E-state index contributed by atoms with van der Waals surface area (Å²) in [4.78, 5) is 12.0. The van der Waals surface area contributed by atoms with Crippen molar-refractivity contribution in [2.75, 3.05) is 25.0 Å². The number of aryl methyl sites for hydroxylation is 2. The number of anilines is 1. The summed E-state index contributed by atoms with van der Waals surface area (Å²) in [5.74, 6) is 0.0140. The van der Waals surface area contributed by atoms with E-state index >= 15 is 0 Å². The molecule has 4 nitrogen and oxygen atoms in total. The lowest BCUT2D eigenvalue weighted by Crippen LogP contribution is -2.47. The first-order valence-corrected chi connectivity index (χ1v) is 6.81. The number of rotatable bonds is 4. The molecule has 0 saturated carbocycles. The summed E-state index contributed by atoms with van der Waals surface area (Å²) in [6.07, 6.45) is 1.06. The van der Waals surface area contributed by atoms with Crippen molar-refractivity contribution >= 4 is 11.6 Å². The van der Waals surface area contributed by atoms with Crippen molar-refractivity contribution in [2.45, 2.75) is 32.7 Å². The molecule has 0 bridgehead atoms. The molecule has 1 aliphatic rings. The van der Waals surface area contributed by atoms with Gasteiger partial charge in [0.15, 0.2) is 0 Å². The van der Waals surface area contributed by atoms with Gasteiger partial charge in [0.1, 0.15) is 0 Å². The average Bonchev–Trinajstić information content (AvgIpc) is 2.78. The summed E-state index contributed by atoms with van der Waals surface area (Å²) < 4.78 is 0. The van der Waals surface area contributed by atoms with Crippen LogP contribution in [0.5, 0.6) is 0 Å². The van der Waals surface area contributed by atoms with Crippen molar-refractivity contribution in [1.29, 1.82) is 0 Å². The van der Waals surface area contributed by atoms with Crippen molar-refractivity contribution in [2.24, 2.45) is 0 Å². The van der Waals surface area contributed by atoms with Crippen molar-refractivity contribution in [3.8, 4) is 0 Å². The van der Waals surface area contributed by atoms with Crippen LogP contribution in [0.4, 0.5) is 5.69 Å². The van der Waals surface area contributed by atoms with Crippen LogP contribution in [0.25, 0.3) is 0 Å². The maximum absolute atomic E-state index is 12.0. The van der Waals surface area contributed by atoms with Gasteiger partial charge in [-0.1, -0.05) is 17.7 Å². The van der Waals surface area contributed by atoms with Crippen molar-refractivity contribution in [3.05, 3.63) is 29.3 Å². The fourth-order valence-electron chi connectivity index (χ4n) is 2.41. The zero-order valence-corrected chi connectivity index (χ0v) is 12.0. The molecule has 1 atom stereocenters. The summed E-state index contributed by atoms with van der Waals surface area (Å²) in [6, 6.07) is 6.05. The molecule has 0 aliphatic carbocycles. The Morgan fingerprint density at radius 2 is 2.21 bits per heavy atom. The topological polar surface area (TPSA) is 53.2 Å². The van der Waals surface area contributed by atoms with E-state index in [-0.39, 0.29) is 11.4 Å². The Bertz CT molecular complexity index is 464. The van der Waals surface area contributed by atoms with Gasteiger partial charge in [-0.2, -0.15) is 0 Å². The van der Waals surface area contributed by atoms with Gasteiger partial charge in [-0.25, -0.2) is 0 Å². The summed E-state index contributed by atoms with van der Waals surface area (Å²) in [5.41, 5.74) is 3.24. The molecule has 1 saturated heterocycles. The molecule has 1 unspecified atom stereocenters. The van der Waals surface area contributed by atoms with Crippen molar-refractivity contribution < 1.29 is 4.79 Å². The zero-order chi connectivity index (χ0) is 13.9. The Morgan fingerprint density at radius 1 is 1.42 bits per heavy atom. The van der Waals surface area contributed by atoms with Gasteiger partial charge in [-0.3, -0.25) is 4.79 Å². The van der Waals surface area contributed by atoms with Crippen LogP contribution in [0, 0.1) is 13.8 Å². The van der Waals surface area contributed by atoms with Crippen LogP contribution in [-0.2, 0) is 4.79 Å². The maximum atomic E-state index is 12.0. The van der Waals surface area contributed by atoms with Crippen LogP contribution in [0.2, 0.25) is 0 Å². The second-order valence-electron chi connectivity index (χ2n) is 5.71. The molecule has 2 rings (SSSR count). The lowest BCUT2D eigenvalue weighted by Gasteiger charge is -2.24. The highest BCUT2D eigenvalue weighted by Crippen LogP contribution is 2.16.